The second kappa shape index (κ2) is 9.08. The molecule has 0 radical (unpaired) electrons. The van der Waals surface area contributed by atoms with Crippen LogP contribution in [0.15, 0.2) is 53.7 Å². The van der Waals surface area contributed by atoms with Gasteiger partial charge >= 0.3 is 0 Å². The highest BCUT2D eigenvalue weighted by Crippen LogP contribution is 2.23. The van der Waals surface area contributed by atoms with Crippen LogP contribution in [0.5, 0.6) is 5.75 Å². The molecule has 0 saturated carbocycles. The highest BCUT2D eigenvalue weighted by molar-refractivity contribution is 7.99. The summed E-state index contributed by atoms with van der Waals surface area (Å²) >= 11 is 1.84. The van der Waals surface area contributed by atoms with Crippen molar-refractivity contribution in [3.8, 4) is 5.75 Å². The van der Waals surface area contributed by atoms with Crippen LogP contribution >= 0.6 is 11.8 Å². The lowest BCUT2D eigenvalue weighted by Gasteiger charge is -2.32. The number of carbonyl (C=O) groups excluding carboxylic acids is 1. The van der Waals surface area contributed by atoms with Crippen molar-refractivity contribution in [1.82, 2.24) is 9.88 Å². The Morgan fingerprint density at radius 3 is 2.42 bits per heavy atom. The third-order valence-electron chi connectivity index (χ3n) is 4.40. The monoisotopic (exact) mass is 370 g/mol. The van der Waals surface area contributed by atoms with E-state index in [4.69, 9.17) is 4.74 Å². The first kappa shape index (κ1) is 18.8. The molecule has 138 valence electrons. The molecular weight excluding hydrogens is 344 g/mol. The van der Waals surface area contributed by atoms with Gasteiger partial charge in [-0.15, -0.1) is 11.8 Å². The van der Waals surface area contributed by atoms with Crippen LogP contribution < -0.4 is 4.74 Å². The second-order valence-electron chi connectivity index (χ2n) is 6.87. The average molecular weight is 371 g/mol. The molecule has 4 nitrogen and oxygen atoms in total. The maximum Gasteiger partial charge on any atom is 0.226 e. The third kappa shape index (κ3) is 5.49. The first-order chi connectivity index (χ1) is 12.6. The van der Waals surface area contributed by atoms with Crippen LogP contribution in [-0.2, 0) is 11.2 Å². The fourth-order valence-electron chi connectivity index (χ4n) is 3.08. The number of benzene rings is 1. The molecule has 26 heavy (non-hydrogen) atoms. The molecular formula is C21H26N2O2S. The van der Waals surface area contributed by atoms with E-state index in [1.165, 1.54) is 4.90 Å². The Bertz CT molecular complexity index is 696. The van der Waals surface area contributed by atoms with Crippen LogP contribution in [0.4, 0.5) is 0 Å². The molecule has 3 rings (SSSR count). The average Bonchev–Trinajstić information content (AvgIpc) is 2.64. The summed E-state index contributed by atoms with van der Waals surface area (Å²) in [7, 11) is 0. The second-order valence-corrected chi connectivity index (χ2v) is 8.52. The number of hydrogen-bond donors (Lipinski definition) is 0. The standard InChI is InChI=1S/C21H26N2O2S/c1-16(2)26-20-5-3-17(4-6-20)15-21(24)23-13-9-19(10-14-23)25-18-7-11-22-12-8-18/h3-8,11-12,16,19H,9-10,13-15H2,1-2H3. The van der Waals surface area contributed by atoms with E-state index in [1.807, 2.05) is 28.8 Å². The van der Waals surface area contributed by atoms with Crippen molar-refractivity contribution in [1.29, 1.82) is 0 Å². The summed E-state index contributed by atoms with van der Waals surface area (Å²) < 4.78 is 5.97. The highest BCUT2D eigenvalue weighted by atomic mass is 32.2. The van der Waals surface area contributed by atoms with Crippen LogP contribution in [0.25, 0.3) is 0 Å². The van der Waals surface area contributed by atoms with E-state index >= 15 is 0 Å². The van der Waals surface area contributed by atoms with Crippen LogP contribution in [0.3, 0.4) is 0 Å². The molecule has 1 amide bonds. The van der Waals surface area contributed by atoms with E-state index in [0.29, 0.717) is 11.7 Å². The van der Waals surface area contributed by atoms with E-state index in [1.54, 1.807) is 12.4 Å². The number of nitrogens with zero attached hydrogens (tertiary/aromatic N) is 2. The minimum Gasteiger partial charge on any atom is -0.490 e. The normalized spacial score (nSPS) is 15.3. The molecule has 1 aliphatic rings. The van der Waals surface area contributed by atoms with Gasteiger partial charge in [-0.3, -0.25) is 9.78 Å². The largest absolute Gasteiger partial charge is 0.490 e. The summed E-state index contributed by atoms with van der Waals surface area (Å²) in [4.78, 5) is 19.8. The molecule has 0 N–H and O–H groups in total. The minimum absolute atomic E-state index is 0.175. The summed E-state index contributed by atoms with van der Waals surface area (Å²) in [5, 5.41) is 0.568. The number of amides is 1. The number of likely N-dealkylation sites (tertiary alicyclic amines) is 1. The van der Waals surface area contributed by atoms with Crippen molar-refractivity contribution in [3.63, 3.8) is 0 Å². The van der Waals surface area contributed by atoms with Crippen molar-refractivity contribution in [3.05, 3.63) is 54.4 Å². The van der Waals surface area contributed by atoms with Gasteiger partial charge in [-0.1, -0.05) is 26.0 Å². The van der Waals surface area contributed by atoms with Crippen LogP contribution in [0.1, 0.15) is 32.3 Å². The fraction of sp³-hybridized carbons (Fsp3) is 0.429. The van der Waals surface area contributed by atoms with Gasteiger partial charge in [0.1, 0.15) is 11.9 Å². The summed E-state index contributed by atoms with van der Waals surface area (Å²) in [6.45, 7) is 5.89. The molecule has 1 aliphatic heterocycles. The predicted octanol–water partition coefficient (Wildman–Crippen LogP) is 4.19. The molecule has 1 saturated heterocycles. The van der Waals surface area contributed by atoms with Crippen LogP contribution in [0.2, 0.25) is 0 Å². The van der Waals surface area contributed by atoms with Crippen LogP contribution in [0, 0.1) is 0 Å². The Hall–Kier alpha value is -2.01. The number of aromatic nitrogens is 1. The first-order valence-electron chi connectivity index (χ1n) is 9.20. The number of thioether (sulfide) groups is 1. The molecule has 0 bridgehead atoms. The maximum atomic E-state index is 12.6. The lowest BCUT2D eigenvalue weighted by molar-refractivity contribution is -0.132. The molecule has 2 heterocycles. The van der Waals surface area contributed by atoms with E-state index in [9.17, 15) is 4.79 Å². The predicted molar refractivity (Wildman–Crippen MR) is 106 cm³/mol. The Morgan fingerprint density at radius 1 is 1.15 bits per heavy atom. The SMILES string of the molecule is CC(C)Sc1ccc(CC(=O)N2CCC(Oc3ccncc3)CC2)cc1. The zero-order valence-corrected chi connectivity index (χ0v) is 16.2. The van der Waals surface area contributed by atoms with Gasteiger partial charge in [0.25, 0.3) is 0 Å². The summed E-state index contributed by atoms with van der Waals surface area (Å²) in [5.74, 6) is 1.06. The molecule has 0 unspecified atom stereocenters. The van der Waals surface area contributed by atoms with E-state index < -0.39 is 0 Å². The van der Waals surface area contributed by atoms with Gasteiger partial charge in [-0.2, -0.15) is 0 Å². The number of rotatable bonds is 6. The van der Waals surface area contributed by atoms with Crippen molar-refractivity contribution in [2.75, 3.05) is 13.1 Å². The van der Waals surface area contributed by atoms with Gasteiger partial charge in [0.05, 0.1) is 6.42 Å². The van der Waals surface area contributed by atoms with Crippen molar-refractivity contribution in [2.45, 2.75) is 49.4 Å². The van der Waals surface area contributed by atoms with Gasteiger partial charge < -0.3 is 9.64 Å². The van der Waals surface area contributed by atoms with Crippen molar-refractivity contribution >= 4 is 17.7 Å². The van der Waals surface area contributed by atoms with E-state index in [2.05, 4.69) is 43.1 Å². The topological polar surface area (TPSA) is 42.4 Å². The minimum atomic E-state index is 0.175. The Labute approximate surface area is 160 Å². The number of ether oxygens (including phenoxy) is 1. The van der Waals surface area contributed by atoms with Crippen LogP contribution in [-0.4, -0.2) is 40.2 Å². The molecule has 1 aromatic carbocycles. The number of piperidine rings is 1. The summed E-state index contributed by atoms with van der Waals surface area (Å²) in [6, 6.07) is 12.1. The summed E-state index contributed by atoms with van der Waals surface area (Å²) in [6.07, 6.45) is 5.87. The zero-order valence-electron chi connectivity index (χ0n) is 15.4. The summed E-state index contributed by atoms with van der Waals surface area (Å²) in [5.41, 5.74) is 1.08. The van der Waals surface area contributed by atoms with Gasteiger partial charge in [0.2, 0.25) is 5.91 Å². The molecule has 0 spiro atoms. The fourth-order valence-corrected chi connectivity index (χ4v) is 3.91. The Morgan fingerprint density at radius 2 is 1.81 bits per heavy atom. The van der Waals surface area contributed by atoms with Gasteiger partial charge in [0, 0.05) is 48.5 Å². The van der Waals surface area contributed by atoms with Crippen molar-refractivity contribution in [2.24, 2.45) is 0 Å². The first-order valence-corrected chi connectivity index (χ1v) is 10.1. The highest BCUT2D eigenvalue weighted by Gasteiger charge is 2.23. The maximum absolute atomic E-state index is 12.6. The molecule has 0 aliphatic carbocycles. The van der Waals surface area contributed by atoms with E-state index in [-0.39, 0.29) is 12.0 Å². The zero-order chi connectivity index (χ0) is 18.4. The lowest BCUT2D eigenvalue weighted by Crippen LogP contribution is -2.42. The molecule has 5 heteroatoms. The molecule has 1 fully saturated rings. The molecule has 2 aromatic rings. The molecule has 0 atom stereocenters. The van der Waals surface area contributed by atoms with Gasteiger partial charge in [0.15, 0.2) is 0 Å². The third-order valence-corrected chi connectivity index (χ3v) is 5.41. The quantitative estimate of drug-likeness (QED) is 0.715. The van der Waals surface area contributed by atoms with Gasteiger partial charge in [-0.05, 0) is 29.8 Å². The lowest BCUT2D eigenvalue weighted by atomic mass is 10.1. The smallest absolute Gasteiger partial charge is 0.226 e. The van der Waals surface area contributed by atoms with Crippen molar-refractivity contribution < 1.29 is 9.53 Å². The number of pyridine rings is 1. The Kier molecular flexibility index (Phi) is 6.56. The molecule has 1 aromatic heterocycles. The number of carbonyl (C=O) groups is 1. The van der Waals surface area contributed by atoms with E-state index in [0.717, 1.165) is 37.2 Å². The van der Waals surface area contributed by atoms with Gasteiger partial charge in [-0.25, -0.2) is 0 Å². The Balaban J connectivity index is 1.46. The number of hydrogen-bond acceptors (Lipinski definition) is 4.